The van der Waals surface area contributed by atoms with Crippen LogP contribution in [0.2, 0.25) is 0 Å². The van der Waals surface area contributed by atoms with E-state index in [2.05, 4.69) is 5.32 Å². The maximum Gasteiger partial charge on any atom is 0.407 e. The summed E-state index contributed by atoms with van der Waals surface area (Å²) in [6.45, 7) is 5.29. The molecule has 0 rings (SSSR count). The predicted octanol–water partition coefficient (Wildman–Crippen LogP) is 0.243. The van der Waals surface area contributed by atoms with Gasteiger partial charge in [-0.3, -0.25) is 0 Å². The van der Waals surface area contributed by atoms with E-state index in [1.165, 1.54) is 0 Å². The molecule has 0 spiro atoms. The van der Waals surface area contributed by atoms with Crippen LogP contribution in [0.15, 0.2) is 0 Å². The van der Waals surface area contributed by atoms with Crippen LogP contribution in [0.3, 0.4) is 0 Å². The summed E-state index contributed by atoms with van der Waals surface area (Å²) in [5, 5.41) is 12.7. The summed E-state index contributed by atoms with van der Waals surface area (Å²) in [5.74, 6) is 0. The van der Waals surface area contributed by atoms with Crippen molar-refractivity contribution in [3.05, 3.63) is 0 Å². The molecule has 89 valence electrons. The Kier molecular flexibility index (Phi) is 6.23. The number of nitrogens with two attached hydrogens (primary N) is 1. The second kappa shape index (κ2) is 6.60. The first-order chi connectivity index (χ1) is 6.85. The Hall–Kier alpha value is -0.850. The summed E-state index contributed by atoms with van der Waals surface area (Å²) in [6, 6.07) is 0. The van der Waals surface area contributed by atoms with Gasteiger partial charge >= 0.3 is 6.09 Å². The van der Waals surface area contributed by atoms with Gasteiger partial charge < -0.3 is 20.5 Å². The van der Waals surface area contributed by atoms with Gasteiger partial charge in [0.1, 0.15) is 18.4 Å². The molecule has 0 saturated carbocycles. The number of nitrogens with one attached hydrogen (secondary N) is 1. The topological polar surface area (TPSA) is 93.5 Å². The standard InChI is InChI=1S/C9H19N2O4/c1-9(2,3)15-8(13)11-4-5-14-7(10)6-12/h7H,4-6,10H2,1-3H3,(H,11,13). The van der Waals surface area contributed by atoms with Crippen molar-refractivity contribution >= 4 is 6.09 Å². The van der Waals surface area contributed by atoms with Crippen LogP contribution in [0, 0.1) is 0 Å². The highest BCUT2D eigenvalue weighted by molar-refractivity contribution is 5.67. The number of rotatable bonds is 5. The lowest BCUT2D eigenvalue weighted by molar-refractivity contribution is -0.00474. The molecule has 1 radical (unpaired) electrons. The van der Waals surface area contributed by atoms with E-state index in [1.54, 1.807) is 20.8 Å². The van der Waals surface area contributed by atoms with Gasteiger partial charge in [-0.05, 0) is 20.8 Å². The van der Waals surface area contributed by atoms with E-state index in [1.807, 2.05) is 0 Å². The minimum Gasteiger partial charge on any atom is -0.444 e. The highest BCUT2D eigenvalue weighted by Crippen LogP contribution is 2.05. The highest BCUT2D eigenvalue weighted by Gasteiger charge is 2.15. The molecular weight excluding hydrogens is 200 g/mol. The molecule has 0 aliphatic rings. The van der Waals surface area contributed by atoms with E-state index < -0.39 is 24.5 Å². The van der Waals surface area contributed by atoms with Crippen molar-refractivity contribution in [1.29, 1.82) is 0 Å². The average molecular weight is 219 g/mol. The lowest BCUT2D eigenvalue weighted by atomic mass is 10.2. The number of ether oxygens (including phenoxy) is 2. The zero-order valence-electron chi connectivity index (χ0n) is 9.41. The molecule has 0 aliphatic heterocycles. The molecule has 0 aromatic carbocycles. The van der Waals surface area contributed by atoms with Crippen molar-refractivity contribution in [2.24, 2.45) is 5.73 Å². The van der Waals surface area contributed by atoms with Gasteiger partial charge in [-0.1, -0.05) is 0 Å². The van der Waals surface area contributed by atoms with Crippen LogP contribution in [0.1, 0.15) is 20.8 Å². The van der Waals surface area contributed by atoms with Gasteiger partial charge in [-0.2, -0.15) is 0 Å². The van der Waals surface area contributed by atoms with Crippen LogP contribution in [-0.4, -0.2) is 37.7 Å². The molecule has 0 aromatic heterocycles. The van der Waals surface area contributed by atoms with Crippen LogP contribution in [0.25, 0.3) is 0 Å². The van der Waals surface area contributed by atoms with Crippen molar-refractivity contribution in [2.75, 3.05) is 19.8 Å². The summed E-state index contributed by atoms with van der Waals surface area (Å²) < 4.78 is 9.84. The Bertz CT molecular complexity index is 191. The molecule has 0 saturated heterocycles. The Balaban J connectivity index is 3.48. The number of alkyl carbamates (subject to hydrolysis) is 1. The molecule has 1 atom stereocenters. The Morgan fingerprint density at radius 3 is 2.53 bits per heavy atom. The van der Waals surface area contributed by atoms with Crippen molar-refractivity contribution in [3.8, 4) is 0 Å². The minimum atomic E-state index is -0.814. The summed E-state index contributed by atoms with van der Waals surface area (Å²) in [7, 11) is 0. The van der Waals surface area contributed by atoms with Gasteiger partial charge in [0.2, 0.25) is 0 Å². The maximum absolute atomic E-state index is 11.1. The van der Waals surface area contributed by atoms with Gasteiger partial charge in [0.25, 0.3) is 0 Å². The predicted molar refractivity (Wildman–Crippen MR) is 53.7 cm³/mol. The number of hydrogen-bond acceptors (Lipinski definition) is 4. The molecule has 3 N–H and O–H groups in total. The molecule has 1 amide bonds. The lowest BCUT2D eigenvalue weighted by Crippen LogP contribution is -2.36. The summed E-state index contributed by atoms with van der Waals surface area (Å²) in [6.07, 6.45) is -1.33. The van der Waals surface area contributed by atoms with Crippen LogP contribution < -0.4 is 11.1 Å². The molecule has 0 fully saturated rings. The molecule has 6 nitrogen and oxygen atoms in total. The Morgan fingerprint density at radius 1 is 1.47 bits per heavy atom. The molecule has 0 heterocycles. The fraction of sp³-hybridized carbons (Fsp3) is 0.889. The van der Waals surface area contributed by atoms with Crippen LogP contribution in [0.5, 0.6) is 0 Å². The van der Waals surface area contributed by atoms with Crippen LogP contribution in [-0.2, 0) is 14.6 Å². The van der Waals surface area contributed by atoms with Gasteiger partial charge in [-0.15, -0.1) is 0 Å². The zero-order chi connectivity index (χ0) is 11.9. The second-order valence-corrected chi connectivity index (χ2v) is 4.00. The van der Waals surface area contributed by atoms with E-state index in [0.29, 0.717) is 0 Å². The summed E-state index contributed by atoms with van der Waals surface area (Å²) >= 11 is 0. The van der Waals surface area contributed by atoms with Crippen LogP contribution >= 0.6 is 0 Å². The molecule has 6 heteroatoms. The summed E-state index contributed by atoms with van der Waals surface area (Å²) in [5.41, 5.74) is 4.70. The quantitative estimate of drug-likeness (QED) is 0.511. The van der Waals surface area contributed by atoms with E-state index in [4.69, 9.17) is 15.2 Å². The van der Waals surface area contributed by atoms with Gasteiger partial charge in [-0.25, -0.2) is 9.90 Å². The second-order valence-electron chi connectivity index (χ2n) is 4.00. The van der Waals surface area contributed by atoms with Crippen LogP contribution in [0.4, 0.5) is 4.79 Å². The highest BCUT2D eigenvalue weighted by atomic mass is 16.6. The van der Waals surface area contributed by atoms with E-state index in [9.17, 15) is 9.90 Å². The van der Waals surface area contributed by atoms with E-state index in [-0.39, 0.29) is 13.2 Å². The number of carbonyl (C=O) groups excluding carboxylic acids is 1. The normalized spacial score (nSPS) is 13.4. The van der Waals surface area contributed by atoms with E-state index >= 15 is 0 Å². The summed E-state index contributed by atoms with van der Waals surface area (Å²) in [4.78, 5) is 11.1. The number of amides is 1. The zero-order valence-corrected chi connectivity index (χ0v) is 9.41. The maximum atomic E-state index is 11.1. The Morgan fingerprint density at radius 2 is 2.07 bits per heavy atom. The Labute approximate surface area is 89.7 Å². The smallest absolute Gasteiger partial charge is 0.407 e. The third-order valence-electron chi connectivity index (χ3n) is 1.27. The third kappa shape index (κ3) is 9.45. The fourth-order valence-electron chi connectivity index (χ4n) is 0.726. The third-order valence-corrected chi connectivity index (χ3v) is 1.27. The average Bonchev–Trinajstić information content (AvgIpc) is 2.09. The first-order valence-electron chi connectivity index (χ1n) is 4.77. The lowest BCUT2D eigenvalue weighted by Gasteiger charge is -2.19. The molecule has 0 bridgehead atoms. The first-order valence-corrected chi connectivity index (χ1v) is 4.77. The van der Waals surface area contributed by atoms with E-state index in [0.717, 1.165) is 0 Å². The fourth-order valence-corrected chi connectivity index (χ4v) is 0.726. The molecule has 15 heavy (non-hydrogen) atoms. The SMILES string of the molecule is CC(C)(C)OC(=O)NCCOC(N)C[O]. The minimum absolute atomic E-state index is 0.197. The van der Waals surface area contributed by atoms with Crippen molar-refractivity contribution in [3.63, 3.8) is 0 Å². The molecule has 0 aromatic rings. The monoisotopic (exact) mass is 219 g/mol. The largest absolute Gasteiger partial charge is 0.444 e. The molecule has 1 unspecified atom stereocenters. The van der Waals surface area contributed by atoms with Gasteiger partial charge in [0, 0.05) is 6.54 Å². The number of carbonyl (C=O) groups is 1. The molecular formula is C9H19N2O4. The van der Waals surface area contributed by atoms with Gasteiger partial charge in [0.05, 0.1) is 6.61 Å². The molecule has 0 aliphatic carbocycles. The van der Waals surface area contributed by atoms with Crippen molar-refractivity contribution in [2.45, 2.75) is 32.6 Å². The van der Waals surface area contributed by atoms with Crippen molar-refractivity contribution < 1.29 is 19.4 Å². The first kappa shape index (κ1) is 14.2. The van der Waals surface area contributed by atoms with Crippen molar-refractivity contribution in [1.82, 2.24) is 5.32 Å². The van der Waals surface area contributed by atoms with Gasteiger partial charge in [0.15, 0.2) is 0 Å². The number of hydrogen-bond donors (Lipinski definition) is 2.